The van der Waals surface area contributed by atoms with Gasteiger partial charge in [0.15, 0.2) is 0 Å². The largest absolute Gasteiger partial charge is 0.496 e. The topological polar surface area (TPSA) is 106 Å². The van der Waals surface area contributed by atoms with Crippen LogP contribution < -0.4 is 15.4 Å². The Balaban J connectivity index is 1.35. The normalized spacial score (nSPS) is 13.8. The smallest absolute Gasteiger partial charge is 0.411 e. The maximum Gasteiger partial charge on any atom is 0.411 e. The molecule has 0 radical (unpaired) electrons. The molecular formula is C31H35N3O6. The summed E-state index contributed by atoms with van der Waals surface area (Å²) in [6.07, 6.45) is 1.19. The molecule has 0 aliphatic carbocycles. The van der Waals surface area contributed by atoms with Gasteiger partial charge in [-0.05, 0) is 43.0 Å². The third-order valence-corrected chi connectivity index (χ3v) is 7.08. The zero-order valence-electron chi connectivity index (χ0n) is 23.1. The maximum atomic E-state index is 12.7. The third-order valence-electron chi connectivity index (χ3n) is 7.08. The van der Waals surface area contributed by atoms with E-state index >= 15 is 0 Å². The van der Waals surface area contributed by atoms with Gasteiger partial charge >= 0.3 is 12.1 Å². The number of hydrogen-bond acceptors (Lipinski definition) is 7. The number of carbonyl (C=O) groups excluding carboxylic acids is 3. The Hall–Kier alpha value is -4.37. The summed E-state index contributed by atoms with van der Waals surface area (Å²) in [5.74, 6) is -0.409. The molecule has 0 aromatic heterocycles. The van der Waals surface area contributed by atoms with Gasteiger partial charge in [-0.2, -0.15) is 0 Å². The Kier molecular flexibility index (Phi) is 9.75. The molecule has 1 fully saturated rings. The van der Waals surface area contributed by atoms with Crippen molar-refractivity contribution in [2.75, 3.05) is 46.2 Å². The van der Waals surface area contributed by atoms with E-state index in [4.69, 9.17) is 14.2 Å². The van der Waals surface area contributed by atoms with Crippen molar-refractivity contribution in [3.63, 3.8) is 0 Å². The number of anilines is 1. The molecule has 1 saturated heterocycles. The fourth-order valence-corrected chi connectivity index (χ4v) is 5.00. The Labute approximate surface area is 234 Å². The lowest BCUT2D eigenvalue weighted by atomic mass is 9.98. The van der Waals surface area contributed by atoms with Crippen LogP contribution in [0.4, 0.5) is 10.5 Å². The summed E-state index contributed by atoms with van der Waals surface area (Å²) in [6.45, 7) is 2.09. The van der Waals surface area contributed by atoms with Crippen LogP contribution in [-0.2, 0) is 15.9 Å². The van der Waals surface area contributed by atoms with Gasteiger partial charge in [-0.1, -0.05) is 48.5 Å². The van der Waals surface area contributed by atoms with Gasteiger partial charge in [-0.3, -0.25) is 10.1 Å². The number of likely N-dealkylation sites (tertiary alicyclic amines) is 1. The van der Waals surface area contributed by atoms with Gasteiger partial charge in [-0.25, -0.2) is 9.59 Å². The highest BCUT2D eigenvalue weighted by atomic mass is 16.6. The predicted octanol–water partition coefficient (Wildman–Crippen LogP) is 4.76. The van der Waals surface area contributed by atoms with Crippen molar-refractivity contribution in [3.05, 3.63) is 83.4 Å². The molecular weight excluding hydrogens is 510 g/mol. The van der Waals surface area contributed by atoms with Gasteiger partial charge in [0.2, 0.25) is 0 Å². The van der Waals surface area contributed by atoms with E-state index in [1.165, 1.54) is 14.2 Å². The van der Waals surface area contributed by atoms with Crippen LogP contribution in [0.3, 0.4) is 0 Å². The SMILES string of the molecule is CNC(=O)c1ccc(C(=O)OC)c(CCN2CCC(OC(=O)Nc3ccccc3-c3ccccc3)CC2)c1OC. The summed E-state index contributed by atoms with van der Waals surface area (Å²) < 4.78 is 16.3. The van der Waals surface area contributed by atoms with Crippen LogP contribution >= 0.6 is 0 Å². The Morgan fingerprint density at radius 3 is 2.25 bits per heavy atom. The quantitative estimate of drug-likeness (QED) is 0.373. The minimum Gasteiger partial charge on any atom is -0.496 e. The molecule has 40 heavy (non-hydrogen) atoms. The van der Waals surface area contributed by atoms with Crippen molar-refractivity contribution in [1.82, 2.24) is 10.2 Å². The van der Waals surface area contributed by atoms with Crippen molar-refractivity contribution >= 4 is 23.7 Å². The molecule has 0 atom stereocenters. The highest BCUT2D eigenvalue weighted by Gasteiger charge is 2.26. The summed E-state index contributed by atoms with van der Waals surface area (Å²) >= 11 is 0. The van der Waals surface area contributed by atoms with Crippen LogP contribution in [-0.4, -0.2) is 69.9 Å². The fourth-order valence-electron chi connectivity index (χ4n) is 5.00. The maximum absolute atomic E-state index is 12.7. The molecule has 0 bridgehead atoms. The molecule has 3 aromatic rings. The van der Waals surface area contributed by atoms with E-state index < -0.39 is 12.1 Å². The molecule has 1 heterocycles. The lowest BCUT2D eigenvalue weighted by Gasteiger charge is -2.32. The van der Waals surface area contributed by atoms with Gasteiger partial charge in [-0.15, -0.1) is 0 Å². The first-order valence-corrected chi connectivity index (χ1v) is 13.3. The molecule has 0 spiro atoms. The number of ether oxygens (including phenoxy) is 3. The molecule has 9 heteroatoms. The molecule has 1 aliphatic rings. The Morgan fingerprint density at radius 1 is 0.900 bits per heavy atom. The van der Waals surface area contributed by atoms with E-state index in [2.05, 4.69) is 15.5 Å². The van der Waals surface area contributed by atoms with Gasteiger partial charge in [0, 0.05) is 37.8 Å². The lowest BCUT2D eigenvalue weighted by molar-refractivity contribution is 0.0589. The van der Waals surface area contributed by atoms with E-state index in [1.54, 1.807) is 19.2 Å². The average Bonchev–Trinajstić information content (AvgIpc) is 3.00. The van der Waals surface area contributed by atoms with E-state index in [0.717, 1.165) is 24.2 Å². The van der Waals surface area contributed by atoms with E-state index in [9.17, 15) is 14.4 Å². The second-order valence-corrected chi connectivity index (χ2v) is 9.48. The summed E-state index contributed by atoms with van der Waals surface area (Å²) in [5, 5.41) is 5.51. The Bertz CT molecular complexity index is 1340. The summed E-state index contributed by atoms with van der Waals surface area (Å²) in [6, 6.07) is 20.7. The van der Waals surface area contributed by atoms with Crippen LogP contribution in [0.1, 0.15) is 39.1 Å². The van der Waals surface area contributed by atoms with E-state index in [-0.39, 0.29) is 12.0 Å². The summed E-state index contributed by atoms with van der Waals surface area (Å²) in [4.78, 5) is 39.8. The molecule has 4 rings (SSSR count). The van der Waals surface area contributed by atoms with Crippen LogP contribution in [0.2, 0.25) is 0 Å². The molecule has 0 unspecified atom stereocenters. The van der Waals surface area contributed by atoms with Crippen molar-refractivity contribution in [3.8, 4) is 16.9 Å². The molecule has 0 saturated carbocycles. The van der Waals surface area contributed by atoms with Crippen molar-refractivity contribution in [1.29, 1.82) is 0 Å². The standard InChI is InChI=1S/C31H35N3O6/c1-32-29(35)26-14-13-25(30(36)39-3)24(28(26)38-2)17-20-34-18-15-22(16-19-34)40-31(37)33-27-12-8-7-11-23(27)21-9-5-4-6-10-21/h4-14,22H,15-20H2,1-3H3,(H,32,35)(H,33,37). The first-order valence-electron chi connectivity index (χ1n) is 13.3. The van der Waals surface area contributed by atoms with Gasteiger partial charge in [0.25, 0.3) is 5.91 Å². The molecule has 210 valence electrons. The van der Waals surface area contributed by atoms with Crippen LogP contribution in [0, 0.1) is 0 Å². The zero-order valence-corrected chi connectivity index (χ0v) is 23.1. The van der Waals surface area contributed by atoms with Crippen molar-refractivity contribution in [2.24, 2.45) is 0 Å². The average molecular weight is 546 g/mol. The van der Waals surface area contributed by atoms with Crippen molar-refractivity contribution < 1.29 is 28.6 Å². The monoisotopic (exact) mass is 545 g/mol. The number of amides is 2. The summed E-state index contributed by atoms with van der Waals surface area (Å²) in [5.41, 5.74) is 4.00. The fraction of sp³-hybridized carbons (Fsp3) is 0.323. The molecule has 3 aromatic carbocycles. The van der Waals surface area contributed by atoms with Gasteiger partial charge < -0.3 is 24.4 Å². The van der Waals surface area contributed by atoms with E-state index in [1.807, 2.05) is 54.6 Å². The van der Waals surface area contributed by atoms with Crippen molar-refractivity contribution in [2.45, 2.75) is 25.4 Å². The molecule has 9 nitrogen and oxygen atoms in total. The number of nitrogens with one attached hydrogen (secondary N) is 2. The first-order chi connectivity index (χ1) is 19.4. The van der Waals surface area contributed by atoms with Crippen LogP contribution in [0.15, 0.2) is 66.7 Å². The second kappa shape index (κ2) is 13.6. The van der Waals surface area contributed by atoms with Gasteiger partial charge in [0.1, 0.15) is 11.9 Å². The van der Waals surface area contributed by atoms with E-state index in [0.29, 0.717) is 53.9 Å². The third kappa shape index (κ3) is 6.79. The number of esters is 1. The highest BCUT2D eigenvalue weighted by molar-refractivity contribution is 6.00. The number of para-hydroxylation sites is 1. The zero-order chi connectivity index (χ0) is 28.5. The number of carbonyl (C=O) groups is 3. The second-order valence-electron chi connectivity index (χ2n) is 9.48. The minimum atomic E-state index is -0.483. The predicted molar refractivity (Wildman–Crippen MR) is 153 cm³/mol. The number of nitrogens with zero attached hydrogens (tertiary/aromatic N) is 1. The number of hydrogen-bond donors (Lipinski definition) is 2. The number of rotatable bonds is 9. The first kappa shape index (κ1) is 28.6. The summed E-state index contributed by atoms with van der Waals surface area (Å²) in [7, 11) is 4.36. The number of piperidine rings is 1. The van der Waals surface area contributed by atoms with Crippen LogP contribution in [0.5, 0.6) is 5.75 Å². The highest BCUT2D eigenvalue weighted by Crippen LogP contribution is 2.30. The Morgan fingerprint density at radius 2 is 1.57 bits per heavy atom. The van der Waals surface area contributed by atoms with Gasteiger partial charge in [0.05, 0.1) is 31.0 Å². The molecule has 2 N–H and O–H groups in total. The molecule has 1 aliphatic heterocycles. The van der Waals surface area contributed by atoms with Crippen LogP contribution in [0.25, 0.3) is 11.1 Å². The molecule has 2 amide bonds. The lowest BCUT2D eigenvalue weighted by Crippen LogP contribution is -2.39. The number of methoxy groups -OCH3 is 2. The minimum absolute atomic E-state index is 0.197. The number of benzene rings is 3.